The first-order valence-corrected chi connectivity index (χ1v) is 10.0. The third-order valence-electron chi connectivity index (χ3n) is 3.83. The van der Waals surface area contributed by atoms with Crippen LogP contribution in [-0.2, 0) is 14.8 Å². The first-order valence-electron chi connectivity index (χ1n) is 7.72. The lowest BCUT2D eigenvalue weighted by Crippen LogP contribution is -2.44. The summed E-state index contributed by atoms with van der Waals surface area (Å²) in [4.78, 5) is 19.2. The van der Waals surface area contributed by atoms with Gasteiger partial charge in [0, 0.05) is 6.54 Å². The summed E-state index contributed by atoms with van der Waals surface area (Å²) in [5, 5.41) is 1.53. The lowest BCUT2D eigenvalue weighted by Gasteiger charge is -2.31. The van der Waals surface area contributed by atoms with E-state index in [4.69, 9.17) is 4.74 Å². The second-order valence-electron chi connectivity index (χ2n) is 5.53. The Morgan fingerprint density at radius 1 is 1.38 bits per heavy atom. The zero-order valence-corrected chi connectivity index (χ0v) is 15.4. The molecule has 1 saturated heterocycles. The Bertz CT molecular complexity index is 885. The fourth-order valence-corrected chi connectivity index (χ4v) is 5.43. The Kier molecular flexibility index (Phi) is 5.49. The van der Waals surface area contributed by atoms with Crippen LogP contribution < -0.4 is 4.74 Å². The van der Waals surface area contributed by atoms with E-state index in [1.165, 1.54) is 22.9 Å². The maximum Gasteiger partial charge on any atom is 0.349 e. The zero-order valence-electron chi connectivity index (χ0n) is 13.8. The van der Waals surface area contributed by atoms with Crippen molar-refractivity contribution in [1.82, 2.24) is 14.3 Å². The van der Waals surface area contributed by atoms with Gasteiger partial charge >= 0.3 is 12.0 Å². The highest BCUT2D eigenvalue weighted by Crippen LogP contribution is 2.28. The molecule has 0 aliphatic carbocycles. The van der Waals surface area contributed by atoms with Gasteiger partial charge in [-0.25, -0.2) is 27.6 Å². The number of sulfonamides is 1. The van der Waals surface area contributed by atoms with E-state index in [0.29, 0.717) is 19.4 Å². The van der Waals surface area contributed by atoms with Gasteiger partial charge in [0.25, 0.3) is 0 Å². The largest absolute Gasteiger partial charge is 0.465 e. The quantitative estimate of drug-likeness (QED) is 0.703. The van der Waals surface area contributed by atoms with E-state index in [0.717, 1.165) is 23.7 Å². The van der Waals surface area contributed by atoms with Gasteiger partial charge in [0.1, 0.15) is 15.9 Å². The summed E-state index contributed by atoms with van der Waals surface area (Å²) in [5.41, 5.74) is 0. The highest BCUT2D eigenvalue weighted by molar-refractivity contribution is 7.89. The van der Waals surface area contributed by atoms with Crippen LogP contribution in [0.3, 0.4) is 0 Å². The molecular formula is C15H16FN3O5S2. The first-order chi connectivity index (χ1) is 12.4. The predicted octanol–water partition coefficient (Wildman–Crippen LogP) is 1.70. The molecule has 1 unspecified atom stereocenters. The van der Waals surface area contributed by atoms with Crippen molar-refractivity contribution in [2.24, 2.45) is 0 Å². The normalized spacial score (nSPS) is 18.5. The van der Waals surface area contributed by atoms with Crippen LogP contribution in [0, 0.1) is 5.82 Å². The summed E-state index contributed by atoms with van der Waals surface area (Å²) in [6.07, 6.45) is 2.67. The summed E-state index contributed by atoms with van der Waals surface area (Å²) >= 11 is 1.01. The lowest BCUT2D eigenvalue weighted by molar-refractivity contribution is 0.0602. The van der Waals surface area contributed by atoms with Crippen molar-refractivity contribution in [2.45, 2.75) is 23.8 Å². The summed E-state index contributed by atoms with van der Waals surface area (Å²) in [6.45, 7) is 0.391. The molecular weight excluding hydrogens is 385 g/mol. The van der Waals surface area contributed by atoms with E-state index in [9.17, 15) is 17.6 Å². The highest BCUT2D eigenvalue weighted by Gasteiger charge is 2.34. The average Bonchev–Trinajstić information content (AvgIpc) is 3.14. The maximum absolute atomic E-state index is 12.9. The number of carbonyl (C=O) groups is 1. The second-order valence-corrected chi connectivity index (χ2v) is 8.36. The molecule has 0 amide bonds. The number of hydrogen-bond acceptors (Lipinski definition) is 8. The van der Waals surface area contributed by atoms with Gasteiger partial charge in [0.2, 0.25) is 10.0 Å². The monoisotopic (exact) mass is 401 g/mol. The number of halogens is 1. The predicted molar refractivity (Wildman–Crippen MR) is 90.1 cm³/mol. The number of piperidine rings is 1. The van der Waals surface area contributed by atoms with Gasteiger partial charge in [-0.2, -0.15) is 4.31 Å². The Morgan fingerprint density at radius 2 is 2.12 bits per heavy atom. The number of hydrogen-bond donors (Lipinski definition) is 0. The number of aromatic nitrogens is 2. The third-order valence-corrected chi connectivity index (χ3v) is 6.76. The Hall–Kier alpha value is -2.11. The van der Waals surface area contributed by atoms with Crippen molar-refractivity contribution in [1.29, 1.82) is 0 Å². The van der Waals surface area contributed by atoms with E-state index in [1.807, 2.05) is 0 Å². The molecule has 2 aromatic rings. The van der Waals surface area contributed by atoms with E-state index in [2.05, 4.69) is 14.7 Å². The van der Waals surface area contributed by atoms with Crippen molar-refractivity contribution < 1.29 is 27.1 Å². The number of esters is 1. The molecule has 1 aliphatic rings. The van der Waals surface area contributed by atoms with Gasteiger partial charge in [0.05, 0.1) is 26.0 Å². The molecule has 8 nitrogen and oxygen atoms in total. The number of rotatable bonds is 5. The molecule has 11 heteroatoms. The van der Waals surface area contributed by atoms with Crippen LogP contribution in [0.25, 0.3) is 0 Å². The molecule has 3 rings (SSSR count). The molecule has 1 aliphatic heterocycles. The van der Waals surface area contributed by atoms with Gasteiger partial charge in [-0.3, -0.25) is 0 Å². The highest BCUT2D eigenvalue weighted by atomic mass is 32.2. The fraction of sp³-hybridized carbons (Fsp3) is 0.400. The number of ether oxygens (including phenoxy) is 2. The number of carbonyl (C=O) groups excluding carboxylic acids is 1. The van der Waals surface area contributed by atoms with Crippen LogP contribution in [0.2, 0.25) is 0 Å². The SMILES string of the molecule is COC(=O)c1sccc1S(=O)(=O)N1CCCC(Oc2ncc(F)cn2)C1. The minimum absolute atomic E-state index is 0.0126. The fourth-order valence-electron chi connectivity index (χ4n) is 2.61. The smallest absolute Gasteiger partial charge is 0.349 e. The molecule has 26 heavy (non-hydrogen) atoms. The average molecular weight is 401 g/mol. The number of thiophene rings is 1. The minimum atomic E-state index is -3.87. The molecule has 0 bridgehead atoms. The molecule has 0 aromatic carbocycles. The Labute approximate surface area is 153 Å². The van der Waals surface area contributed by atoms with Crippen molar-refractivity contribution in [3.05, 3.63) is 34.5 Å². The van der Waals surface area contributed by atoms with Crippen LogP contribution in [0.4, 0.5) is 4.39 Å². The molecule has 2 aromatic heterocycles. The van der Waals surface area contributed by atoms with Gasteiger partial charge in [-0.15, -0.1) is 11.3 Å². The summed E-state index contributed by atoms with van der Waals surface area (Å²) in [6, 6.07) is 1.38. The van der Waals surface area contributed by atoms with Crippen LogP contribution >= 0.6 is 11.3 Å². The molecule has 1 fully saturated rings. The van der Waals surface area contributed by atoms with Crippen molar-refractivity contribution in [3.63, 3.8) is 0 Å². The van der Waals surface area contributed by atoms with Gasteiger partial charge in [-0.05, 0) is 24.3 Å². The molecule has 0 saturated carbocycles. The van der Waals surface area contributed by atoms with Crippen molar-refractivity contribution in [2.75, 3.05) is 20.2 Å². The van der Waals surface area contributed by atoms with Gasteiger partial charge in [-0.1, -0.05) is 0 Å². The number of methoxy groups -OCH3 is 1. The molecule has 3 heterocycles. The molecule has 1 atom stereocenters. The molecule has 0 radical (unpaired) electrons. The van der Waals surface area contributed by atoms with Gasteiger partial charge in [0.15, 0.2) is 5.82 Å². The van der Waals surface area contributed by atoms with Crippen LogP contribution in [0.15, 0.2) is 28.7 Å². The standard InChI is InChI=1S/C15H16FN3O5S2/c1-23-14(20)13-12(4-6-25-13)26(21,22)19-5-2-3-11(9-19)24-15-17-7-10(16)8-18-15/h4,6-8,11H,2-3,5,9H2,1H3. The topological polar surface area (TPSA) is 98.7 Å². The van der Waals surface area contributed by atoms with Crippen LogP contribution in [0.1, 0.15) is 22.5 Å². The zero-order chi connectivity index (χ0) is 18.7. The van der Waals surface area contributed by atoms with Crippen LogP contribution in [0.5, 0.6) is 6.01 Å². The second kappa shape index (κ2) is 7.64. The third kappa shape index (κ3) is 3.84. The summed E-state index contributed by atoms with van der Waals surface area (Å²) in [5.74, 6) is -1.28. The van der Waals surface area contributed by atoms with E-state index < -0.39 is 27.9 Å². The van der Waals surface area contributed by atoms with Crippen molar-refractivity contribution >= 4 is 27.3 Å². The molecule has 140 valence electrons. The van der Waals surface area contributed by atoms with Gasteiger partial charge < -0.3 is 9.47 Å². The number of nitrogens with zero attached hydrogens (tertiary/aromatic N) is 3. The van der Waals surface area contributed by atoms with Crippen LogP contribution in [-0.4, -0.2) is 55.0 Å². The lowest BCUT2D eigenvalue weighted by atomic mass is 10.1. The van der Waals surface area contributed by atoms with E-state index in [1.54, 1.807) is 0 Å². The summed E-state index contributed by atoms with van der Waals surface area (Å²) < 4.78 is 50.2. The summed E-state index contributed by atoms with van der Waals surface area (Å²) in [7, 11) is -2.67. The molecule has 0 spiro atoms. The Morgan fingerprint density at radius 3 is 2.81 bits per heavy atom. The van der Waals surface area contributed by atoms with E-state index >= 15 is 0 Å². The Balaban J connectivity index is 1.77. The maximum atomic E-state index is 12.9. The van der Waals surface area contributed by atoms with E-state index in [-0.39, 0.29) is 22.3 Å². The minimum Gasteiger partial charge on any atom is -0.465 e. The molecule has 0 N–H and O–H groups in total. The first kappa shape index (κ1) is 18.7. The van der Waals surface area contributed by atoms with Crippen molar-refractivity contribution in [3.8, 4) is 6.01 Å².